The summed E-state index contributed by atoms with van der Waals surface area (Å²) >= 11 is 0. The molecular formula is C54H48O2. The van der Waals surface area contributed by atoms with Crippen LogP contribution < -0.4 is 9.47 Å². The van der Waals surface area contributed by atoms with E-state index >= 15 is 0 Å². The lowest BCUT2D eigenvalue weighted by atomic mass is 9.69. The molecule has 2 atom stereocenters. The molecule has 1 saturated carbocycles. The van der Waals surface area contributed by atoms with Gasteiger partial charge in [-0.2, -0.15) is 0 Å². The minimum Gasteiger partial charge on any atom is -0.497 e. The Hall–Kier alpha value is -5.60. The maximum atomic E-state index is 5.63. The van der Waals surface area contributed by atoms with Gasteiger partial charge in [-0.3, -0.25) is 0 Å². The summed E-state index contributed by atoms with van der Waals surface area (Å²) in [6.07, 6.45) is 5.25. The van der Waals surface area contributed by atoms with Crippen molar-refractivity contribution in [1.29, 1.82) is 0 Å². The zero-order valence-electron chi connectivity index (χ0n) is 33.3. The lowest BCUT2D eigenvalue weighted by molar-refractivity contribution is 0.233. The third-order valence-electron chi connectivity index (χ3n) is 14.5. The molecule has 3 aliphatic carbocycles. The molecule has 0 bridgehead atoms. The molecule has 0 amide bonds. The number of hydrogen-bond acceptors (Lipinski definition) is 2. The summed E-state index contributed by atoms with van der Waals surface area (Å²) in [4.78, 5) is 0. The SMILES string of the molecule is COc1ccc(-c2cc3cc4cc(-c5ccc(OC)cc5)c5c6c(ccc5c4cc3c3ccc4c(c23)-c2ccccc2C4(C)C)C(C)(C)C2CCCCC62)cc1. The number of methoxy groups -OCH3 is 2. The summed E-state index contributed by atoms with van der Waals surface area (Å²) in [6, 6.07) is 46.2. The summed E-state index contributed by atoms with van der Waals surface area (Å²) in [6.45, 7) is 9.79. The van der Waals surface area contributed by atoms with Crippen LogP contribution in [0.4, 0.5) is 0 Å². The second-order valence-corrected chi connectivity index (χ2v) is 17.8. The van der Waals surface area contributed by atoms with E-state index in [4.69, 9.17) is 9.47 Å². The average Bonchev–Trinajstić information content (AvgIpc) is 3.62. The number of ether oxygens (including phenoxy) is 2. The predicted molar refractivity (Wildman–Crippen MR) is 236 cm³/mol. The summed E-state index contributed by atoms with van der Waals surface area (Å²) in [5.41, 5.74) is 13.8. The molecule has 0 heterocycles. The van der Waals surface area contributed by atoms with Crippen LogP contribution in [0.3, 0.4) is 0 Å². The van der Waals surface area contributed by atoms with Crippen LogP contribution in [0.5, 0.6) is 11.5 Å². The number of fused-ring (bicyclic) bond motifs is 14. The quantitative estimate of drug-likeness (QED) is 0.133. The highest BCUT2D eigenvalue weighted by Crippen LogP contribution is 2.60. The van der Waals surface area contributed by atoms with E-state index in [-0.39, 0.29) is 10.8 Å². The summed E-state index contributed by atoms with van der Waals surface area (Å²) in [5.74, 6) is 3.03. The van der Waals surface area contributed by atoms with Gasteiger partial charge in [0.1, 0.15) is 11.5 Å². The van der Waals surface area contributed by atoms with Crippen LogP contribution >= 0.6 is 0 Å². The lowest BCUT2D eigenvalue weighted by Crippen LogP contribution is -2.27. The third-order valence-corrected chi connectivity index (χ3v) is 14.5. The topological polar surface area (TPSA) is 18.5 Å². The van der Waals surface area contributed by atoms with Gasteiger partial charge in [0, 0.05) is 5.41 Å². The zero-order valence-corrected chi connectivity index (χ0v) is 33.3. The largest absolute Gasteiger partial charge is 0.497 e. The lowest BCUT2D eigenvalue weighted by Gasteiger charge is -2.34. The van der Waals surface area contributed by atoms with Gasteiger partial charge >= 0.3 is 0 Å². The maximum absolute atomic E-state index is 5.63. The Morgan fingerprint density at radius 2 is 1.07 bits per heavy atom. The van der Waals surface area contributed by atoms with Crippen molar-refractivity contribution < 1.29 is 9.47 Å². The van der Waals surface area contributed by atoms with Crippen molar-refractivity contribution in [3.05, 3.63) is 144 Å². The van der Waals surface area contributed by atoms with Gasteiger partial charge in [0.2, 0.25) is 0 Å². The maximum Gasteiger partial charge on any atom is 0.118 e. The molecule has 56 heavy (non-hydrogen) atoms. The minimum atomic E-state index is -0.0885. The molecule has 8 aromatic carbocycles. The van der Waals surface area contributed by atoms with E-state index in [1.54, 1.807) is 25.3 Å². The Morgan fingerprint density at radius 1 is 0.500 bits per heavy atom. The standard InChI is InChI=1S/C54H48O2/c1-53(2)45-13-9-7-11-39(45)51-47(53)25-23-37-41-30-42-34(27-33(41)28-43(49(37)51)31-15-19-35(55-5)20-16-31)29-44(32-17-21-36(56-6)22-18-32)50-38(42)24-26-48-52(50)40-12-8-10-14-46(40)54(48,3)4/h7,9,11,13,15-30,40,46H,8,10,12,14H2,1-6H3. The Kier molecular flexibility index (Phi) is 7.20. The summed E-state index contributed by atoms with van der Waals surface area (Å²) in [5, 5.41) is 10.7. The van der Waals surface area contributed by atoms with Crippen LogP contribution in [-0.4, -0.2) is 14.2 Å². The molecule has 2 unspecified atom stereocenters. The van der Waals surface area contributed by atoms with E-state index in [1.807, 2.05) is 0 Å². The molecule has 0 spiro atoms. The first kappa shape index (κ1) is 33.7. The second kappa shape index (κ2) is 12.0. The smallest absolute Gasteiger partial charge is 0.118 e. The van der Waals surface area contributed by atoms with Crippen molar-refractivity contribution in [2.45, 2.75) is 70.1 Å². The highest BCUT2D eigenvalue weighted by Gasteiger charge is 2.48. The van der Waals surface area contributed by atoms with Crippen molar-refractivity contribution in [2.24, 2.45) is 5.92 Å². The molecule has 0 radical (unpaired) electrons. The average molecular weight is 729 g/mol. The zero-order chi connectivity index (χ0) is 38.1. The van der Waals surface area contributed by atoms with Gasteiger partial charge in [-0.1, -0.05) is 113 Å². The predicted octanol–water partition coefficient (Wildman–Crippen LogP) is 14.5. The van der Waals surface area contributed by atoms with E-state index in [2.05, 4.69) is 149 Å². The molecule has 8 aromatic rings. The van der Waals surface area contributed by atoms with Gasteiger partial charge in [-0.25, -0.2) is 0 Å². The fourth-order valence-corrected chi connectivity index (χ4v) is 11.7. The van der Waals surface area contributed by atoms with E-state index < -0.39 is 0 Å². The third kappa shape index (κ3) is 4.56. The van der Waals surface area contributed by atoms with Crippen molar-refractivity contribution in [3.8, 4) is 44.9 Å². The highest BCUT2D eigenvalue weighted by atomic mass is 16.5. The molecule has 0 N–H and O–H groups in total. The molecule has 3 aliphatic rings. The van der Waals surface area contributed by atoms with Crippen LogP contribution in [0.2, 0.25) is 0 Å². The van der Waals surface area contributed by atoms with Crippen LogP contribution in [0.1, 0.15) is 81.5 Å². The first-order chi connectivity index (χ1) is 27.2. The monoisotopic (exact) mass is 728 g/mol. The van der Waals surface area contributed by atoms with Gasteiger partial charge < -0.3 is 9.47 Å². The van der Waals surface area contributed by atoms with E-state index in [9.17, 15) is 0 Å². The molecule has 0 aromatic heterocycles. The highest BCUT2D eigenvalue weighted by molar-refractivity contribution is 6.25. The van der Waals surface area contributed by atoms with Crippen LogP contribution in [0, 0.1) is 5.92 Å². The van der Waals surface area contributed by atoms with Crippen LogP contribution in [0.25, 0.3) is 76.5 Å². The molecule has 276 valence electrons. The molecule has 2 heteroatoms. The number of hydrogen-bond donors (Lipinski definition) is 0. The summed E-state index contributed by atoms with van der Waals surface area (Å²) in [7, 11) is 3.49. The van der Waals surface area contributed by atoms with E-state index in [0.29, 0.717) is 11.8 Å². The fourth-order valence-electron chi connectivity index (χ4n) is 11.7. The van der Waals surface area contributed by atoms with Crippen LogP contribution in [-0.2, 0) is 10.8 Å². The second-order valence-electron chi connectivity index (χ2n) is 17.8. The van der Waals surface area contributed by atoms with Gasteiger partial charge in [-0.05, 0) is 177 Å². The van der Waals surface area contributed by atoms with Gasteiger partial charge in [0.05, 0.1) is 14.2 Å². The first-order valence-electron chi connectivity index (χ1n) is 20.6. The summed E-state index contributed by atoms with van der Waals surface area (Å²) < 4.78 is 11.2. The Balaban J connectivity index is 1.27. The number of rotatable bonds is 4. The normalized spacial score (nSPS) is 18.9. The Labute approximate surface area is 330 Å². The Morgan fingerprint density at radius 3 is 1.71 bits per heavy atom. The molecule has 2 nitrogen and oxygen atoms in total. The molecular weight excluding hydrogens is 681 g/mol. The van der Waals surface area contributed by atoms with Crippen molar-refractivity contribution in [2.75, 3.05) is 14.2 Å². The molecule has 1 fully saturated rings. The fraction of sp³-hybridized carbons (Fsp3) is 0.259. The molecule has 0 aliphatic heterocycles. The first-order valence-corrected chi connectivity index (χ1v) is 20.6. The van der Waals surface area contributed by atoms with E-state index in [1.165, 1.54) is 113 Å². The van der Waals surface area contributed by atoms with Crippen molar-refractivity contribution in [1.82, 2.24) is 0 Å². The minimum absolute atomic E-state index is 0.0885. The number of benzene rings is 8. The molecule has 11 rings (SSSR count). The molecule has 0 saturated heterocycles. The van der Waals surface area contributed by atoms with Crippen LogP contribution in [0.15, 0.2) is 121 Å². The van der Waals surface area contributed by atoms with Crippen molar-refractivity contribution in [3.63, 3.8) is 0 Å². The van der Waals surface area contributed by atoms with Gasteiger partial charge in [0.15, 0.2) is 0 Å². The van der Waals surface area contributed by atoms with Gasteiger partial charge in [-0.15, -0.1) is 0 Å². The van der Waals surface area contributed by atoms with Crippen molar-refractivity contribution >= 4 is 43.1 Å². The van der Waals surface area contributed by atoms with E-state index in [0.717, 1.165) is 11.5 Å². The van der Waals surface area contributed by atoms with Gasteiger partial charge in [0.25, 0.3) is 0 Å². The Bertz CT molecular complexity index is 2930.